The van der Waals surface area contributed by atoms with Crippen LogP contribution in [0.3, 0.4) is 0 Å². The summed E-state index contributed by atoms with van der Waals surface area (Å²) in [6.07, 6.45) is -1.73. The number of halogens is 4. The predicted molar refractivity (Wildman–Crippen MR) is 36.9 cm³/mol. The van der Waals surface area contributed by atoms with Gasteiger partial charge >= 0.3 is 0 Å². The minimum absolute atomic E-state index is 0.347. The lowest BCUT2D eigenvalue weighted by atomic mass is 10.3. The van der Waals surface area contributed by atoms with Crippen LogP contribution in [0, 0.1) is 5.82 Å². The van der Waals surface area contributed by atoms with Crippen LogP contribution < -0.4 is 0 Å². The highest BCUT2D eigenvalue weighted by molar-refractivity contribution is 9.10. The molecule has 0 aromatic carbocycles. The first-order chi connectivity index (χ1) is 5.11. The average molecular weight is 226 g/mol. The van der Waals surface area contributed by atoms with Gasteiger partial charge in [-0.15, -0.1) is 0 Å². The van der Waals surface area contributed by atoms with E-state index in [1.54, 1.807) is 0 Å². The molecule has 0 amide bonds. The third-order valence-corrected chi connectivity index (χ3v) is 1.48. The monoisotopic (exact) mass is 225 g/mol. The first-order valence-corrected chi connectivity index (χ1v) is 3.49. The molecule has 0 aliphatic carbocycles. The summed E-state index contributed by atoms with van der Waals surface area (Å²) in [5, 5.41) is 0. The molecule has 1 nitrogen and oxygen atoms in total. The van der Waals surface area contributed by atoms with E-state index < -0.39 is 17.9 Å². The summed E-state index contributed by atoms with van der Waals surface area (Å²) in [5.74, 6) is -0.991. The van der Waals surface area contributed by atoms with E-state index >= 15 is 0 Å². The molecule has 0 spiro atoms. The molecule has 0 bridgehead atoms. The molecule has 0 aliphatic rings. The van der Waals surface area contributed by atoms with Crippen molar-refractivity contribution < 1.29 is 13.2 Å². The van der Waals surface area contributed by atoms with Gasteiger partial charge in [-0.2, -0.15) is 0 Å². The van der Waals surface area contributed by atoms with Gasteiger partial charge in [0.05, 0.1) is 0 Å². The molecule has 0 aliphatic heterocycles. The summed E-state index contributed by atoms with van der Waals surface area (Å²) in [7, 11) is 0. The van der Waals surface area contributed by atoms with E-state index in [0.717, 1.165) is 12.3 Å². The zero-order valence-electron chi connectivity index (χ0n) is 5.19. The van der Waals surface area contributed by atoms with Gasteiger partial charge in [-0.1, -0.05) is 0 Å². The highest BCUT2D eigenvalue weighted by atomic mass is 79.9. The Kier molecular flexibility index (Phi) is 2.49. The molecule has 0 N–H and O–H groups in total. The largest absolute Gasteiger partial charge is 0.283 e. The number of rotatable bonds is 1. The van der Waals surface area contributed by atoms with Gasteiger partial charge in [-0.25, -0.2) is 13.2 Å². The van der Waals surface area contributed by atoms with Crippen LogP contribution in [0.2, 0.25) is 0 Å². The van der Waals surface area contributed by atoms with E-state index in [1.807, 2.05) is 0 Å². The third-order valence-electron chi connectivity index (χ3n) is 1.04. The molecule has 0 unspecified atom stereocenters. The SMILES string of the molecule is Fc1cc(Br)cnc1C(F)F. The van der Waals surface area contributed by atoms with Crippen LogP contribution in [-0.2, 0) is 0 Å². The Morgan fingerprint density at radius 3 is 2.55 bits per heavy atom. The van der Waals surface area contributed by atoms with Gasteiger partial charge < -0.3 is 0 Å². The summed E-state index contributed by atoms with van der Waals surface area (Å²) in [5.41, 5.74) is -0.812. The zero-order chi connectivity index (χ0) is 8.43. The average Bonchev–Trinajstić information content (AvgIpc) is 1.85. The molecule has 60 valence electrons. The number of alkyl halides is 2. The van der Waals surface area contributed by atoms with Crippen LogP contribution in [0.15, 0.2) is 16.7 Å². The van der Waals surface area contributed by atoms with Gasteiger partial charge in [0.15, 0.2) is 5.82 Å². The van der Waals surface area contributed by atoms with Crippen molar-refractivity contribution in [1.29, 1.82) is 0 Å². The van der Waals surface area contributed by atoms with Crippen molar-refractivity contribution in [3.63, 3.8) is 0 Å². The number of hydrogen-bond donors (Lipinski definition) is 0. The van der Waals surface area contributed by atoms with Gasteiger partial charge in [-0.05, 0) is 22.0 Å². The van der Waals surface area contributed by atoms with Gasteiger partial charge in [-0.3, -0.25) is 4.98 Å². The maximum absolute atomic E-state index is 12.5. The van der Waals surface area contributed by atoms with Gasteiger partial charge in [0.1, 0.15) is 5.69 Å². The molecular weight excluding hydrogens is 223 g/mol. The van der Waals surface area contributed by atoms with Crippen molar-refractivity contribution in [3.8, 4) is 0 Å². The minimum Gasteiger partial charge on any atom is -0.251 e. The number of nitrogens with zero attached hydrogens (tertiary/aromatic N) is 1. The maximum Gasteiger partial charge on any atom is 0.283 e. The van der Waals surface area contributed by atoms with E-state index in [9.17, 15) is 13.2 Å². The summed E-state index contributed by atoms with van der Waals surface area (Å²) < 4.78 is 36.6. The lowest BCUT2D eigenvalue weighted by Gasteiger charge is -1.99. The van der Waals surface area contributed by atoms with Crippen molar-refractivity contribution in [2.75, 3.05) is 0 Å². The number of aromatic nitrogens is 1. The fourth-order valence-electron chi connectivity index (χ4n) is 0.586. The Bertz CT molecular complexity index is 264. The molecule has 5 heteroatoms. The van der Waals surface area contributed by atoms with Crippen LogP contribution in [-0.4, -0.2) is 4.98 Å². The van der Waals surface area contributed by atoms with Gasteiger partial charge in [0.25, 0.3) is 6.43 Å². The Hall–Kier alpha value is -0.580. The van der Waals surface area contributed by atoms with Crippen LogP contribution in [0.5, 0.6) is 0 Å². The highest BCUT2D eigenvalue weighted by Gasteiger charge is 2.14. The zero-order valence-corrected chi connectivity index (χ0v) is 6.78. The maximum atomic E-state index is 12.5. The molecule has 0 saturated heterocycles. The molecule has 1 aromatic rings. The first-order valence-electron chi connectivity index (χ1n) is 2.70. The second kappa shape index (κ2) is 3.21. The summed E-state index contributed by atoms with van der Waals surface area (Å²) >= 11 is 2.90. The number of hydrogen-bond acceptors (Lipinski definition) is 1. The Morgan fingerprint density at radius 2 is 2.09 bits per heavy atom. The van der Waals surface area contributed by atoms with Crippen LogP contribution in [0.4, 0.5) is 13.2 Å². The highest BCUT2D eigenvalue weighted by Crippen LogP contribution is 2.21. The van der Waals surface area contributed by atoms with E-state index in [4.69, 9.17) is 0 Å². The summed E-state index contributed by atoms with van der Waals surface area (Å²) in [6.45, 7) is 0. The predicted octanol–water partition coefficient (Wildman–Crippen LogP) is 2.92. The topological polar surface area (TPSA) is 12.9 Å². The molecule has 11 heavy (non-hydrogen) atoms. The summed E-state index contributed by atoms with van der Waals surface area (Å²) in [4.78, 5) is 3.21. The van der Waals surface area contributed by atoms with Crippen LogP contribution in [0.1, 0.15) is 12.1 Å². The van der Waals surface area contributed by atoms with Gasteiger partial charge in [0, 0.05) is 10.7 Å². The smallest absolute Gasteiger partial charge is 0.251 e. The normalized spacial score (nSPS) is 10.6. The summed E-state index contributed by atoms with van der Waals surface area (Å²) in [6, 6.07) is 0.953. The molecule has 0 saturated carbocycles. The van der Waals surface area contributed by atoms with E-state index in [0.29, 0.717) is 4.47 Å². The molecule has 0 atom stereocenters. The Balaban J connectivity index is 3.09. The van der Waals surface area contributed by atoms with Crippen molar-refractivity contribution in [2.24, 2.45) is 0 Å². The minimum atomic E-state index is -2.86. The molecule has 1 heterocycles. The van der Waals surface area contributed by atoms with E-state index in [-0.39, 0.29) is 0 Å². The van der Waals surface area contributed by atoms with Crippen molar-refractivity contribution in [1.82, 2.24) is 4.98 Å². The Morgan fingerprint density at radius 1 is 1.45 bits per heavy atom. The quantitative estimate of drug-likeness (QED) is 0.717. The van der Waals surface area contributed by atoms with E-state index in [1.165, 1.54) is 0 Å². The molecule has 0 fully saturated rings. The third kappa shape index (κ3) is 1.92. The van der Waals surface area contributed by atoms with Crippen molar-refractivity contribution in [2.45, 2.75) is 6.43 Å². The second-order valence-corrected chi connectivity index (χ2v) is 2.74. The lowest BCUT2D eigenvalue weighted by molar-refractivity contribution is 0.140. The standard InChI is InChI=1S/C6H3BrF3N/c7-3-1-4(8)5(6(9)10)11-2-3/h1-2,6H. The van der Waals surface area contributed by atoms with Crippen molar-refractivity contribution in [3.05, 3.63) is 28.2 Å². The van der Waals surface area contributed by atoms with Crippen LogP contribution >= 0.6 is 15.9 Å². The number of pyridine rings is 1. The molecule has 1 aromatic heterocycles. The molecule has 1 rings (SSSR count). The first kappa shape index (κ1) is 8.52. The van der Waals surface area contributed by atoms with Gasteiger partial charge in [0.2, 0.25) is 0 Å². The second-order valence-electron chi connectivity index (χ2n) is 1.82. The molecular formula is C6H3BrF3N. The lowest BCUT2D eigenvalue weighted by Crippen LogP contribution is -1.94. The van der Waals surface area contributed by atoms with Crippen molar-refractivity contribution >= 4 is 15.9 Å². The van der Waals surface area contributed by atoms with E-state index in [2.05, 4.69) is 20.9 Å². The fraction of sp³-hybridized carbons (Fsp3) is 0.167. The fourth-order valence-corrected chi connectivity index (χ4v) is 0.889. The molecule has 0 radical (unpaired) electrons. The van der Waals surface area contributed by atoms with Crippen LogP contribution in [0.25, 0.3) is 0 Å². The Labute approximate surface area is 69.4 Å².